The van der Waals surface area contributed by atoms with Crippen molar-refractivity contribution in [2.45, 2.75) is 37.4 Å². The first-order valence-electron chi connectivity index (χ1n) is 9.29. The van der Waals surface area contributed by atoms with Crippen molar-refractivity contribution in [2.24, 2.45) is 0 Å². The maximum absolute atomic E-state index is 13.0. The number of thiophene rings is 1. The van der Waals surface area contributed by atoms with E-state index in [4.69, 9.17) is 4.74 Å². The Kier molecular flexibility index (Phi) is 7.80. The fourth-order valence-electron chi connectivity index (χ4n) is 2.60. The Labute approximate surface area is 184 Å². The molecule has 1 heterocycles. The molecule has 1 unspecified atom stereocenters. The third-order valence-electron chi connectivity index (χ3n) is 4.51. The molecule has 31 heavy (non-hydrogen) atoms. The van der Waals surface area contributed by atoms with Gasteiger partial charge < -0.3 is 14.8 Å². The Morgan fingerprint density at radius 3 is 2.16 bits per heavy atom. The van der Waals surface area contributed by atoms with Gasteiger partial charge in [0.15, 0.2) is 4.21 Å². The lowest BCUT2D eigenvalue weighted by Gasteiger charge is -2.12. The summed E-state index contributed by atoms with van der Waals surface area (Å²) in [6.45, 7) is 5.27. The van der Waals surface area contributed by atoms with Crippen molar-refractivity contribution in [1.29, 1.82) is 0 Å². The van der Waals surface area contributed by atoms with E-state index in [1.54, 1.807) is 0 Å². The van der Waals surface area contributed by atoms with Crippen molar-refractivity contribution in [2.75, 3.05) is 18.9 Å². The number of esters is 2. The third-order valence-corrected chi connectivity index (χ3v) is 7.68. The SMILES string of the molecule is CCC(C)NC(=O)c1ccc(NS(=O)(=O)c2sc(C(=O)OC)c(C)c2C(=O)OC)cc1. The number of anilines is 1. The summed E-state index contributed by atoms with van der Waals surface area (Å²) in [7, 11) is -1.97. The molecule has 0 aliphatic heterocycles. The number of ether oxygens (including phenoxy) is 2. The van der Waals surface area contributed by atoms with E-state index in [1.165, 1.54) is 31.2 Å². The number of nitrogens with one attached hydrogen (secondary N) is 2. The van der Waals surface area contributed by atoms with Crippen molar-refractivity contribution in [3.63, 3.8) is 0 Å². The molecule has 2 aromatic rings. The Morgan fingerprint density at radius 2 is 1.65 bits per heavy atom. The van der Waals surface area contributed by atoms with E-state index in [1.807, 2.05) is 13.8 Å². The molecule has 2 rings (SSSR count). The molecule has 0 bridgehead atoms. The van der Waals surface area contributed by atoms with E-state index in [-0.39, 0.29) is 37.8 Å². The molecule has 2 N–H and O–H groups in total. The predicted octanol–water partition coefficient (Wildman–Crippen LogP) is 2.96. The highest BCUT2D eigenvalue weighted by Gasteiger charge is 2.32. The minimum Gasteiger partial charge on any atom is -0.465 e. The summed E-state index contributed by atoms with van der Waals surface area (Å²) in [4.78, 5) is 36.3. The molecule has 0 aliphatic carbocycles. The van der Waals surface area contributed by atoms with E-state index in [2.05, 4.69) is 14.8 Å². The largest absolute Gasteiger partial charge is 0.465 e. The number of sulfonamides is 1. The molecular formula is C20H24N2O7S2. The van der Waals surface area contributed by atoms with Gasteiger partial charge in [0, 0.05) is 17.3 Å². The second-order valence-corrected chi connectivity index (χ2v) is 9.57. The minimum atomic E-state index is -4.24. The van der Waals surface area contributed by atoms with Gasteiger partial charge in [-0.3, -0.25) is 9.52 Å². The average Bonchev–Trinajstić information content (AvgIpc) is 3.10. The summed E-state index contributed by atoms with van der Waals surface area (Å²) in [5, 5.41) is 2.82. The lowest BCUT2D eigenvalue weighted by atomic mass is 10.1. The van der Waals surface area contributed by atoms with E-state index < -0.39 is 22.0 Å². The summed E-state index contributed by atoms with van der Waals surface area (Å²) >= 11 is 0.616. The quantitative estimate of drug-likeness (QED) is 0.570. The van der Waals surface area contributed by atoms with Crippen LogP contribution in [-0.2, 0) is 19.5 Å². The van der Waals surface area contributed by atoms with Crippen LogP contribution in [0.1, 0.15) is 56.2 Å². The molecule has 0 radical (unpaired) electrons. The molecule has 1 atom stereocenters. The summed E-state index contributed by atoms with van der Waals surface area (Å²) in [5.41, 5.74) is 0.478. The predicted molar refractivity (Wildman–Crippen MR) is 116 cm³/mol. The highest BCUT2D eigenvalue weighted by atomic mass is 32.2. The Bertz CT molecular complexity index is 1090. The molecule has 1 aromatic carbocycles. The maximum Gasteiger partial charge on any atom is 0.348 e. The average molecular weight is 469 g/mol. The highest BCUT2D eigenvalue weighted by molar-refractivity contribution is 7.94. The molecule has 0 saturated carbocycles. The molecule has 9 nitrogen and oxygen atoms in total. The van der Waals surface area contributed by atoms with Crippen LogP contribution in [0.5, 0.6) is 0 Å². The summed E-state index contributed by atoms with van der Waals surface area (Å²) in [5.74, 6) is -1.92. The lowest BCUT2D eigenvalue weighted by Crippen LogP contribution is -2.31. The van der Waals surface area contributed by atoms with Gasteiger partial charge >= 0.3 is 11.9 Å². The summed E-state index contributed by atoms with van der Waals surface area (Å²) in [6.07, 6.45) is 0.778. The molecular weight excluding hydrogens is 444 g/mol. The van der Waals surface area contributed by atoms with Gasteiger partial charge in [0.1, 0.15) is 4.88 Å². The fourth-order valence-corrected chi connectivity index (χ4v) is 5.41. The monoisotopic (exact) mass is 468 g/mol. The molecule has 0 spiro atoms. The van der Waals surface area contributed by atoms with Crippen LogP contribution in [0, 0.1) is 6.92 Å². The maximum atomic E-state index is 13.0. The molecule has 1 aromatic heterocycles. The van der Waals surface area contributed by atoms with Gasteiger partial charge in [-0.2, -0.15) is 0 Å². The molecule has 11 heteroatoms. The Morgan fingerprint density at radius 1 is 1.06 bits per heavy atom. The second-order valence-electron chi connectivity index (χ2n) is 6.67. The molecule has 168 valence electrons. The van der Waals surface area contributed by atoms with Crippen molar-refractivity contribution in [3.05, 3.63) is 45.8 Å². The molecule has 1 amide bonds. The first kappa shape index (κ1) is 24.4. The van der Waals surface area contributed by atoms with Crippen LogP contribution in [-0.4, -0.2) is 46.5 Å². The number of hydrogen-bond donors (Lipinski definition) is 2. The molecule has 0 fully saturated rings. The van der Waals surface area contributed by atoms with Crippen LogP contribution in [0.25, 0.3) is 0 Å². The number of hydrogen-bond acceptors (Lipinski definition) is 8. The van der Waals surface area contributed by atoms with Gasteiger partial charge in [0.05, 0.1) is 19.8 Å². The van der Waals surface area contributed by atoms with Gasteiger partial charge in [-0.05, 0) is 50.1 Å². The van der Waals surface area contributed by atoms with E-state index in [0.717, 1.165) is 20.6 Å². The van der Waals surface area contributed by atoms with Gasteiger partial charge in [-0.15, -0.1) is 11.3 Å². The van der Waals surface area contributed by atoms with Crippen LogP contribution in [0.2, 0.25) is 0 Å². The summed E-state index contributed by atoms with van der Waals surface area (Å²) in [6, 6.07) is 5.84. The van der Waals surface area contributed by atoms with Gasteiger partial charge in [-0.25, -0.2) is 18.0 Å². The summed E-state index contributed by atoms with van der Waals surface area (Å²) < 4.78 is 37.3. The third kappa shape index (κ3) is 5.42. The highest BCUT2D eigenvalue weighted by Crippen LogP contribution is 2.34. The minimum absolute atomic E-state index is 0.00787. The smallest absolute Gasteiger partial charge is 0.348 e. The molecule has 0 saturated heterocycles. The standard InChI is InChI=1S/C20H24N2O7S2/c1-6-11(2)21-17(23)13-7-9-14(10-8-13)22-31(26,27)20-15(18(24)28-4)12(3)16(30-20)19(25)29-5/h7-11,22H,6H2,1-5H3,(H,21,23). The number of carbonyl (C=O) groups is 3. The van der Waals surface area contributed by atoms with Crippen molar-refractivity contribution in [1.82, 2.24) is 5.32 Å². The lowest BCUT2D eigenvalue weighted by molar-refractivity contribution is 0.0596. The van der Waals surface area contributed by atoms with Gasteiger partial charge in [0.2, 0.25) is 0 Å². The number of benzene rings is 1. The number of rotatable bonds is 8. The van der Waals surface area contributed by atoms with E-state index >= 15 is 0 Å². The number of methoxy groups -OCH3 is 2. The Hall–Kier alpha value is -2.92. The van der Waals surface area contributed by atoms with Crippen LogP contribution >= 0.6 is 11.3 Å². The first-order valence-corrected chi connectivity index (χ1v) is 11.6. The Balaban J connectivity index is 2.37. The zero-order valence-corrected chi connectivity index (χ0v) is 19.4. The van der Waals surface area contributed by atoms with Gasteiger partial charge in [0.25, 0.3) is 15.9 Å². The van der Waals surface area contributed by atoms with Crippen LogP contribution in [0.4, 0.5) is 5.69 Å². The fraction of sp³-hybridized carbons (Fsp3) is 0.350. The van der Waals surface area contributed by atoms with Crippen LogP contribution < -0.4 is 10.0 Å². The van der Waals surface area contributed by atoms with Crippen molar-refractivity contribution >= 4 is 44.9 Å². The van der Waals surface area contributed by atoms with Crippen molar-refractivity contribution < 1.29 is 32.3 Å². The first-order chi connectivity index (χ1) is 14.5. The van der Waals surface area contributed by atoms with Crippen molar-refractivity contribution in [3.8, 4) is 0 Å². The second kappa shape index (κ2) is 9.92. The number of amides is 1. The van der Waals surface area contributed by atoms with Gasteiger partial charge in [-0.1, -0.05) is 6.92 Å². The van der Waals surface area contributed by atoms with Crippen LogP contribution in [0.15, 0.2) is 28.5 Å². The zero-order chi connectivity index (χ0) is 23.3. The normalized spacial score (nSPS) is 12.0. The number of carbonyl (C=O) groups excluding carboxylic acids is 3. The topological polar surface area (TPSA) is 128 Å². The molecule has 0 aliphatic rings. The van der Waals surface area contributed by atoms with E-state index in [9.17, 15) is 22.8 Å². The van der Waals surface area contributed by atoms with Crippen LogP contribution in [0.3, 0.4) is 0 Å². The zero-order valence-electron chi connectivity index (χ0n) is 17.8. The van der Waals surface area contributed by atoms with E-state index in [0.29, 0.717) is 16.9 Å².